The SMILES string of the molecule is Cc1cc(F)c(C2(C#N)CCC2)cc1C. The predicted molar refractivity (Wildman–Crippen MR) is 57.0 cm³/mol. The van der Waals surface area contributed by atoms with Crippen molar-refractivity contribution in [3.8, 4) is 6.07 Å². The lowest BCUT2D eigenvalue weighted by atomic mass is 9.65. The van der Waals surface area contributed by atoms with Gasteiger partial charge in [-0.15, -0.1) is 0 Å². The van der Waals surface area contributed by atoms with Gasteiger partial charge in [-0.25, -0.2) is 4.39 Å². The maximum atomic E-state index is 13.8. The molecule has 0 heterocycles. The van der Waals surface area contributed by atoms with Gasteiger partial charge in [0.25, 0.3) is 0 Å². The van der Waals surface area contributed by atoms with Crippen molar-refractivity contribution in [1.82, 2.24) is 0 Å². The van der Waals surface area contributed by atoms with E-state index in [2.05, 4.69) is 6.07 Å². The van der Waals surface area contributed by atoms with E-state index in [0.717, 1.165) is 30.4 Å². The largest absolute Gasteiger partial charge is 0.207 e. The average molecular weight is 203 g/mol. The van der Waals surface area contributed by atoms with E-state index < -0.39 is 5.41 Å². The summed E-state index contributed by atoms with van der Waals surface area (Å²) in [6.45, 7) is 3.85. The van der Waals surface area contributed by atoms with Crippen molar-refractivity contribution in [3.63, 3.8) is 0 Å². The van der Waals surface area contributed by atoms with Crippen molar-refractivity contribution in [2.24, 2.45) is 0 Å². The summed E-state index contributed by atoms with van der Waals surface area (Å²) in [7, 11) is 0. The number of aryl methyl sites for hydroxylation is 2. The number of halogens is 1. The first-order valence-corrected chi connectivity index (χ1v) is 5.27. The first-order valence-electron chi connectivity index (χ1n) is 5.27. The van der Waals surface area contributed by atoms with E-state index in [9.17, 15) is 4.39 Å². The van der Waals surface area contributed by atoms with E-state index >= 15 is 0 Å². The van der Waals surface area contributed by atoms with Crippen LogP contribution in [0.1, 0.15) is 36.0 Å². The third-order valence-electron chi connectivity index (χ3n) is 3.52. The third-order valence-corrected chi connectivity index (χ3v) is 3.52. The second kappa shape index (κ2) is 3.34. The summed E-state index contributed by atoms with van der Waals surface area (Å²) in [6.07, 6.45) is 2.62. The van der Waals surface area contributed by atoms with Crippen LogP contribution in [0, 0.1) is 31.0 Å². The lowest BCUT2D eigenvalue weighted by Gasteiger charge is -2.36. The van der Waals surface area contributed by atoms with E-state index in [4.69, 9.17) is 5.26 Å². The van der Waals surface area contributed by atoms with Crippen LogP contribution in [-0.4, -0.2) is 0 Å². The Hall–Kier alpha value is -1.36. The number of benzene rings is 1. The summed E-state index contributed by atoms with van der Waals surface area (Å²) < 4.78 is 13.8. The molecule has 2 rings (SSSR count). The van der Waals surface area contributed by atoms with E-state index in [1.165, 1.54) is 0 Å². The Labute approximate surface area is 89.5 Å². The molecule has 1 aliphatic rings. The van der Waals surface area contributed by atoms with E-state index in [1.807, 2.05) is 19.9 Å². The number of nitriles is 1. The Balaban J connectivity index is 2.54. The molecular weight excluding hydrogens is 189 g/mol. The van der Waals surface area contributed by atoms with Crippen molar-refractivity contribution in [3.05, 3.63) is 34.6 Å². The summed E-state index contributed by atoms with van der Waals surface area (Å²) in [4.78, 5) is 0. The molecule has 0 unspecified atom stereocenters. The van der Waals surface area contributed by atoms with Crippen LogP contribution in [0.15, 0.2) is 12.1 Å². The van der Waals surface area contributed by atoms with Gasteiger partial charge >= 0.3 is 0 Å². The first kappa shape index (κ1) is 10.2. The van der Waals surface area contributed by atoms with Gasteiger partial charge in [-0.2, -0.15) is 5.26 Å². The van der Waals surface area contributed by atoms with Crippen molar-refractivity contribution >= 4 is 0 Å². The summed E-state index contributed by atoms with van der Waals surface area (Å²) in [5, 5.41) is 9.16. The second-order valence-corrected chi connectivity index (χ2v) is 4.46. The normalized spacial score (nSPS) is 18.0. The van der Waals surface area contributed by atoms with Gasteiger partial charge in [0.1, 0.15) is 5.82 Å². The van der Waals surface area contributed by atoms with E-state index in [-0.39, 0.29) is 5.82 Å². The summed E-state index contributed by atoms with van der Waals surface area (Å²) in [5.41, 5.74) is 2.07. The molecular formula is C13H14FN. The lowest BCUT2D eigenvalue weighted by Crippen LogP contribution is -2.33. The summed E-state index contributed by atoms with van der Waals surface area (Å²) in [6, 6.07) is 5.66. The minimum absolute atomic E-state index is 0.223. The fraction of sp³-hybridized carbons (Fsp3) is 0.462. The maximum absolute atomic E-state index is 13.8. The van der Waals surface area contributed by atoms with Crippen LogP contribution in [0.5, 0.6) is 0 Å². The minimum atomic E-state index is -0.539. The highest BCUT2D eigenvalue weighted by Crippen LogP contribution is 2.44. The number of hydrogen-bond donors (Lipinski definition) is 0. The molecule has 0 aliphatic heterocycles. The van der Waals surface area contributed by atoms with Gasteiger partial charge in [0.2, 0.25) is 0 Å². The molecule has 2 heteroatoms. The Kier molecular flexibility index (Phi) is 2.26. The second-order valence-electron chi connectivity index (χ2n) is 4.46. The molecule has 0 radical (unpaired) electrons. The third kappa shape index (κ3) is 1.43. The van der Waals surface area contributed by atoms with Crippen LogP contribution >= 0.6 is 0 Å². The highest BCUT2D eigenvalue weighted by atomic mass is 19.1. The van der Waals surface area contributed by atoms with Crippen LogP contribution in [0.3, 0.4) is 0 Å². The Morgan fingerprint density at radius 3 is 2.33 bits per heavy atom. The average Bonchev–Trinajstić information content (AvgIpc) is 2.12. The standard InChI is InChI=1S/C13H14FN/c1-9-6-11(12(14)7-10(9)2)13(8-15)4-3-5-13/h6-7H,3-5H2,1-2H3. The molecule has 0 saturated heterocycles. The number of rotatable bonds is 1. The quantitative estimate of drug-likeness (QED) is 0.686. The van der Waals surface area contributed by atoms with Gasteiger partial charge in [0, 0.05) is 5.56 Å². The van der Waals surface area contributed by atoms with Crippen LogP contribution in [0.4, 0.5) is 4.39 Å². The minimum Gasteiger partial charge on any atom is -0.207 e. The monoisotopic (exact) mass is 203 g/mol. The highest BCUT2D eigenvalue weighted by Gasteiger charge is 2.41. The zero-order valence-corrected chi connectivity index (χ0v) is 9.10. The van der Waals surface area contributed by atoms with Gasteiger partial charge in [-0.3, -0.25) is 0 Å². The summed E-state index contributed by atoms with van der Waals surface area (Å²) in [5.74, 6) is -0.223. The Morgan fingerprint density at radius 1 is 1.27 bits per heavy atom. The van der Waals surface area contributed by atoms with Gasteiger partial charge in [-0.05, 0) is 50.3 Å². The van der Waals surface area contributed by atoms with Crippen LogP contribution < -0.4 is 0 Å². The van der Waals surface area contributed by atoms with Crippen LogP contribution in [0.25, 0.3) is 0 Å². The zero-order chi connectivity index (χ0) is 11.1. The first-order chi connectivity index (χ1) is 7.09. The predicted octanol–water partition coefficient (Wildman–Crippen LogP) is 3.39. The molecule has 1 fully saturated rings. The molecule has 0 amide bonds. The molecule has 1 saturated carbocycles. The van der Waals surface area contributed by atoms with E-state index in [0.29, 0.717) is 5.56 Å². The molecule has 0 N–H and O–H groups in total. The van der Waals surface area contributed by atoms with Gasteiger partial charge in [-0.1, -0.05) is 6.07 Å². The Bertz CT molecular complexity index is 439. The smallest absolute Gasteiger partial charge is 0.128 e. The summed E-state index contributed by atoms with van der Waals surface area (Å²) >= 11 is 0. The van der Waals surface area contributed by atoms with Gasteiger partial charge in [0.15, 0.2) is 0 Å². The molecule has 1 aromatic carbocycles. The lowest BCUT2D eigenvalue weighted by molar-refractivity contribution is 0.313. The molecule has 0 aromatic heterocycles. The van der Waals surface area contributed by atoms with Gasteiger partial charge in [0.05, 0.1) is 11.5 Å². The Morgan fingerprint density at radius 2 is 1.87 bits per heavy atom. The van der Waals surface area contributed by atoms with E-state index in [1.54, 1.807) is 6.07 Å². The zero-order valence-electron chi connectivity index (χ0n) is 9.10. The van der Waals surface area contributed by atoms with Gasteiger partial charge < -0.3 is 0 Å². The fourth-order valence-electron chi connectivity index (χ4n) is 2.12. The topological polar surface area (TPSA) is 23.8 Å². The van der Waals surface area contributed by atoms with Crippen LogP contribution in [-0.2, 0) is 5.41 Å². The molecule has 0 atom stereocenters. The molecule has 1 aromatic rings. The maximum Gasteiger partial charge on any atom is 0.128 e. The molecule has 0 bridgehead atoms. The van der Waals surface area contributed by atoms with Crippen LogP contribution in [0.2, 0.25) is 0 Å². The van der Waals surface area contributed by atoms with Crippen molar-refractivity contribution in [2.45, 2.75) is 38.5 Å². The fourth-order valence-corrected chi connectivity index (χ4v) is 2.12. The molecule has 1 aliphatic carbocycles. The highest BCUT2D eigenvalue weighted by molar-refractivity contribution is 5.41. The number of hydrogen-bond acceptors (Lipinski definition) is 1. The molecule has 0 spiro atoms. The molecule has 1 nitrogen and oxygen atoms in total. The van der Waals surface area contributed by atoms with Crippen molar-refractivity contribution in [1.29, 1.82) is 5.26 Å². The van der Waals surface area contributed by atoms with Crippen molar-refractivity contribution in [2.75, 3.05) is 0 Å². The number of nitrogens with zero attached hydrogens (tertiary/aromatic N) is 1. The molecule has 78 valence electrons. The van der Waals surface area contributed by atoms with Crippen molar-refractivity contribution < 1.29 is 4.39 Å². The molecule has 15 heavy (non-hydrogen) atoms.